The van der Waals surface area contributed by atoms with Gasteiger partial charge >= 0.3 is 11.6 Å². The van der Waals surface area contributed by atoms with Gasteiger partial charge in [-0.3, -0.25) is 25.0 Å². The third kappa shape index (κ3) is 3.77. The predicted octanol–water partition coefficient (Wildman–Crippen LogP) is 3.02. The van der Waals surface area contributed by atoms with Crippen LogP contribution < -0.4 is 10.2 Å². The zero-order valence-electron chi connectivity index (χ0n) is 14.3. The summed E-state index contributed by atoms with van der Waals surface area (Å²) in [5.74, 6) is -0.672. The van der Waals surface area contributed by atoms with E-state index in [1.54, 1.807) is 0 Å². The predicted molar refractivity (Wildman–Crippen MR) is 97.6 cm³/mol. The molecule has 0 radical (unpaired) electrons. The Bertz CT molecular complexity index is 1120. The highest BCUT2D eigenvalue weighted by Gasteiger charge is 2.16. The molecule has 0 atom stereocenters. The second kappa shape index (κ2) is 7.53. The van der Waals surface area contributed by atoms with Gasteiger partial charge in [0.25, 0.3) is 5.69 Å². The number of carbonyl (C=O) groups excluding carboxylic acids is 1. The summed E-state index contributed by atoms with van der Waals surface area (Å²) >= 11 is 0. The summed E-state index contributed by atoms with van der Waals surface area (Å²) in [6.45, 7) is 0. The Kier molecular flexibility index (Phi) is 4.98. The standard InChI is InChI=1S/C17H12N4O7/c1-27-15-4-2-10(6-13(15)21(25)26)9-18-19-17(22)16-8-11-7-12(20(23)24)3-5-14(11)28-16/h2-9H,1H3,(H,19,22)/b18-9+. The molecule has 11 heteroatoms. The monoisotopic (exact) mass is 384 g/mol. The highest BCUT2D eigenvalue weighted by Crippen LogP contribution is 2.27. The number of benzene rings is 2. The molecule has 0 bridgehead atoms. The van der Waals surface area contributed by atoms with Crippen LogP contribution in [0.2, 0.25) is 0 Å². The maximum atomic E-state index is 12.1. The van der Waals surface area contributed by atoms with Crippen molar-refractivity contribution in [2.45, 2.75) is 0 Å². The van der Waals surface area contributed by atoms with Crippen molar-refractivity contribution in [2.75, 3.05) is 7.11 Å². The minimum Gasteiger partial charge on any atom is -0.490 e. The van der Waals surface area contributed by atoms with Gasteiger partial charge in [-0.2, -0.15) is 5.10 Å². The van der Waals surface area contributed by atoms with Crippen LogP contribution in [0, 0.1) is 20.2 Å². The molecule has 0 aliphatic rings. The van der Waals surface area contributed by atoms with Gasteiger partial charge in [0.15, 0.2) is 11.5 Å². The lowest BCUT2D eigenvalue weighted by Gasteiger charge is -2.01. The molecule has 11 nitrogen and oxygen atoms in total. The number of nitro benzene ring substituents is 2. The van der Waals surface area contributed by atoms with Gasteiger partial charge in [-0.05, 0) is 24.3 Å². The molecule has 3 rings (SSSR count). The van der Waals surface area contributed by atoms with Crippen LogP contribution in [-0.2, 0) is 0 Å². The molecule has 1 amide bonds. The lowest BCUT2D eigenvalue weighted by atomic mass is 10.2. The van der Waals surface area contributed by atoms with E-state index in [0.717, 1.165) is 0 Å². The molecule has 0 saturated heterocycles. The number of amides is 1. The van der Waals surface area contributed by atoms with Crippen molar-refractivity contribution in [3.63, 3.8) is 0 Å². The van der Waals surface area contributed by atoms with Crippen LogP contribution in [0.4, 0.5) is 11.4 Å². The Morgan fingerprint density at radius 1 is 1.14 bits per heavy atom. The van der Waals surface area contributed by atoms with Crippen LogP contribution in [-0.4, -0.2) is 29.1 Å². The van der Waals surface area contributed by atoms with E-state index >= 15 is 0 Å². The van der Waals surface area contributed by atoms with Gasteiger partial charge in [0.2, 0.25) is 0 Å². The molecule has 0 aliphatic carbocycles. The Morgan fingerprint density at radius 3 is 2.61 bits per heavy atom. The number of nitrogens with one attached hydrogen (secondary N) is 1. The SMILES string of the molecule is COc1ccc(/C=N/NC(=O)c2cc3cc([N+](=O)[O-])ccc3o2)cc1[N+](=O)[O-]. The number of furan rings is 1. The summed E-state index contributed by atoms with van der Waals surface area (Å²) in [5.41, 5.74) is 2.54. The van der Waals surface area contributed by atoms with Crippen molar-refractivity contribution in [3.8, 4) is 5.75 Å². The van der Waals surface area contributed by atoms with E-state index < -0.39 is 15.8 Å². The molecule has 0 saturated carbocycles. The van der Waals surface area contributed by atoms with Crippen LogP contribution in [0.15, 0.2) is 52.0 Å². The van der Waals surface area contributed by atoms with Crippen molar-refractivity contribution in [1.29, 1.82) is 0 Å². The lowest BCUT2D eigenvalue weighted by molar-refractivity contribution is -0.385. The number of nitrogens with zero attached hydrogens (tertiary/aromatic N) is 3. The zero-order valence-corrected chi connectivity index (χ0v) is 14.3. The summed E-state index contributed by atoms with van der Waals surface area (Å²) in [6, 6.07) is 9.48. The fourth-order valence-corrected chi connectivity index (χ4v) is 2.41. The van der Waals surface area contributed by atoms with Crippen molar-refractivity contribution < 1.29 is 23.8 Å². The Balaban J connectivity index is 1.75. The fraction of sp³-hybridized carbons (Fsp3) is 0.0588. The van der Waals surface area contributed by atoms with Crippen molar-refractivity contribution in [3.05, 3.63) is 74.0 Å². The van der Waals surface area contributed by atoms with E-state index in [1.807, 2.05) is 0 Å². The second-order valence-corrected chi connectivity index (χ2v) is 5.48. The summed E-state index contributed by atoms with van der Waals surface area (Å²) < 4.78 is 10.2. The normalized spacial score (nSPS) is 10.9. The average molecular weight is 384 g/mol. The number of nitro groups is 2. The molecular weight excluding hydrogens is 372 g/mol. The molecule has 142 valence electrons. The van der Waals surface area contributed by atoms with Crippen LogP contribution in [0.1, 0.15) is 16.1 Å². The molecule has 0 unspecified atom stereocenters. The van der Waals surface area contributed by atoms with Crippen LogP contribution in [0.3, 0.4) is 0 Å². The van der Waals surface area contributed by atoms with Crippen molar-refractivity contribution in [1.82, 2.24) is 5.43 Å². The van der Waals surface area contributed by atoms with Gasteiger partial charge in [0.1, 0.15) is 5.58 Å². The zero-order chi connectivity index (χ0) is 20.3. The molecule has 1 aromatic heterocycles. The summed E-state index contributed by atoms with van der Waals surface area (Å²) in [5, 5.41) is 25.9. The van der Waals surface area contributed by atoms with E-state index in [-0.39, 0.29) is 22.9 Å². The Hall–Kier alpha value is -4.28. The van der Waals surface area contributed by atoms with Crippen LogP contribution in [0.5, 0.6) is 5.75 Å². The molecule has 1 heterocycles. The number of fused-ring (bicyclic) bond motifs is 1. The lowest BCUT2D eigenvalue weighted by Crippen LogP contribution is -2.16. The maximum Gasteiger partial charge on any atom is 0.311 e. The molecule has 2 aromatic carbocycles. The minimum absolute atomic E-state index is 0.0895. The van der Waals surface area contributed by atoms with Crippen molar-refractivity contribution >= 4 is 34.5 Å². The third-order valence-electron chi connectivity index (χ3n) is 3.71. The molecular formula is C17H12N4O7. The van der Waals surface area contributed by atoms with E-state index in [9.17, 15) is 25.0 Å². The molecule has 1 N–H and O–H groups in total. The third-order valence-corrected chi connectivity index (χ3v) is 3.71. The van der Waals surface area contributed by atoms with Crippen LogP contribution in [0.25, 0.3) is 11.0 Å². The van der Waals surface area contributed by atoms with Crippen molar-refractivity contribution in [2.24, 2.45) is 5.10 Å². The summed E-state index contributed by atoms with van der Waals surface area (Å²) in [4.78, 5) is 32.8. The number of non-ortho nitro benzene ring substituents is 1. The Morgan fingerprint density at radius 2 is 1.93 bits per heavy atom. The first-order chi connectivity index (χ1) is 13.4. The summed E-state index contributed by atoms with van der Waals surface area (Å²) in [7, 11) is 1.32. The first-order valence-corrected chi connectivity index (χ1v) is 7.73. The van der Waals surface area contributed by atoms with E-state index in [2.05, 4.69) is 10.5 Å². The topological polar surface area (TPSA) is 150 Å². The first-order valence-electron chi connectivity index (χ1n) is 7.73. The molecule has 3 aromatic rings. The van der Waals surface area contributed by atoms with Gasteiger partial charge < -0.3 is 9.15 Å². The molecule has 0 fully saturated rings. The quantitative estimate of drug-likeness (QED) is 0.390. The number of carbonyl (C=O) groups is 1. The van der Waals surface area contributed by atoms with E-state index in [0.29, 0.717) is 16.5 Å². The van der Waals surface area contributed by atoms with E-state index in [1.165, 1.54) is 55.8 Å². The fourth-order valence-electron chi connectivity index (χ4n) is 2.41. The molecule has 28 heavy (non-hydrogen) atoms. The van der Waals surface area contributed by atoms with Gasteiger partial charge in [-0.25, -0.2) is 5.43 Å². The number of hydrazone groups is 1. The number of hydrogen-bond acceptors (Lipinski definition) is 8. The highest BCUT2D eigenvalue weighted by atomic mass is 16.6. The number of methoxy groups -OCH3 is 1. The number of hydrogen-bond donors (Lipinski definition) is 1. The van der Waals surface area contributed by atoms with E-state index in [4.69, 9.17) is 9.15 Å². The molecule has 0 spiro atoms. The number of rotatable bonds is 6. The molecule has 0 aliphatic heterocycles. The first kappa shape index (κ1) is 18.5. The minimum atomic E-state index is -0.682. The Labute approximate surface area is 156 Å². The summed E-state index contributed by atoms with van der Waals surface area (Å²) in [6.07, 6.45) is 1.22. The van der Waals surface area contributed by atoms with Gasteiger partial charge in [0.05, 0.1) is 23.2 Å². The number of ether oxygens (including phenoxy) is 1. The second-order valence-electron chi connectivity index (χ2n) is 5.48. The highest BCUT2D eigenvalue weighted by molar-refractivity contribution is 5.97. The van der Waals surface area contributed by atoms with Gasteiger partial charge in [-0.1, -0.05) is 0 Å². The average Bonchev–Trinajstić information content (AvgIpc) is 3.11. The maximum absolute atomic E-state index is 12.1. The van der Waals surface area contributed by atoms with Gasteiger partial charge in [-0.15, -0.1) is 0 Å². The van der Waals surface area contributed by atoms with Crippen LogP contribution >= 0.6 is 0 Å². The van der Waals surface area contributed by atoms with Gasteiger partial charge in [0, 0.05) is 29.1 Å². The largest absolute Gasteiger partial charge is 0.490 e. The smallest absolute Gasteiger partial charge is 0.311 e.